The Kier molecular flexibility index (Phi) is 2.49. The highest BCUT2D eigenvalue weighted by atomic mass is 16.3. The van der Waals surface area contributed by atoms with E-state index in [-0.39, 0.29) is 0 Å². The molecular formula is C11H13N5O. The molecule has 0 atom stereocenters. The van der Waals surface area contributed by atoms with Gasteiger partial charge in [0.05, 0.1) is 18.4 Å². The molecule has 0 saturated heterocycles. The van der Waals surface area contributed by atoms with E-state index in [2.05, 4.69) is 19.9 Å². The number of aromatic nitrogens is 3. The Labute approximate surface area is 98.5 Å². The monoisotopic (exact) mass is 231 g/mol. The molecule has 0 unspecified atom stereocenters. The maximum absolute atomic E-state index is 5.57. The van der Waals surface area contributed by atoms with Crippen molar-refractivity contribution < 1.29 is 4.42 Å². The largest absolute Gasteiger partial charge is 0.447 e. The van der Waals surface area contributed by atoms with E-state index in [0.717, 1.165) is 43.1 Å². The first-order chi connectivity index (χ1) is 8.31. The van der Waals surface area contributed by atoms with E-state index >= 15 is 0 Å². The van der Waals surface area contributed by atoms with Gasteiger partial charge in [-0.3, -0.25) is 4.90 Å². The van der Waals surface area contributed by atoms with Crippen molar-refractivity contribution in [2.75, 3.05) is 12.3 Å². The van der Waals surface area contributed by atoms with Crippen molar-refractivity contribution in [1.29, 1.82) is 0 Å². The number of hydrogen-bond donors (Lipinski definition) is 1. The summed E-state index contributed by atoms with van der Waals surface area (Å²) in [4.78, 5) is 14.5. The van der Waals surface area contributed by atoms with E-state index in [1.165, 1.54) is 6.39 Å². The molecule has 1 aliphatic rings. The van der Waals surface area contributed by atoms with Crippen molar-refractivity contribution in [3.8, 4) is 0 Å². The summed E-state index contributed by atoms with van der Waals surface area (Å²) in [5.74, 6) is 1.23. The van der Waals surface area contributed by atoms with Gasteiger partial charge in [-0.25, -0.2) is 15.0 Å². The Balaban J connectivity index is 1.74. The van der Waals surface area contributed by atoms with Crippen LogP contribution in [-0.4, -0.2) is 26.4 Å². The third kappa shape index (κ3) is 2.12. The molecule has 3 heterocycles. The van der Waals surface area contributed by atoms with Crippen LogP contribution in [0.3, 0.4) is 0 Å². The molecule has 0 saturated carbocycles. The van der Waals surface area contributed by atoms with Gasteiger partial charge in [-0.15, -0.1) is 0 Å². The van der Waals surface area contributed by atoms with Gasteiger partial charge < -0.3 is 10.2 Å². The van der Waals surface area contributed by atoms with E-state index in [1.807, 2.05) is 6.20 Å². The number of hydrogen-bond acceptors (Lipinski definition) is 6. The number of nitrogens with zero attached hydrogens (tertiary/aromatic N) is 4. The minimum Gasteiger partial charge on any atom is -0.447 e. The average Bonchev–Trinajstić information content (AvgIpc) is 2.82. The molecule has 3 rings (SSSR count). The molecule has 0 fully saturated rings. The molecule has 0 aliphatic carbocycles. The zero-order chi connectivity index (χ0) is 11.7. The molecule has 0 bridgehead atoms. The summed E-state index contributed by atoms with van der Waals surface area (Å²) >= 11 is 0. The Bertz CT molecular complexity index is 511. The summed E-state index contributed by atoms with van der Waals surface area (Å²) < 4.78 is 5.24. The number of anilines is 1. The third-order valence-corrected chi connectivity index (χ3v) is 2.89. The zero-order valence-corrected chi connectivity index (χ0v) is 9.33. The van der Waals surface area contributed by atoms with Gasteiger partial charge in [0.2, 0.25) is 5.95 Å². The first-order valence-electron chi connectivity index (χ1n) is 5.51. The van der Waals surface area contributed by atoms with E-state index in [1.54, 1.807) is 6.20 Å². The maximum Gasteiger partial charge on any atom is 0.220 e. The van der Waals surface area contributed by atoms with Crippen molar-refractivity contribution in [2.45, 2.75) is 19.5 Å². The van der Waals surface area contributed by atoms with Crippen molar-refractivity contribution in [3.05, 3.63) is 35.8 Å². The summed E-state index contributed by atoms with van der Waals surface area (Å²) in [6.45, 7) is 2.55. The number of oxazole rings is 1. The van der Waals surface area contributed by atoms with Gasteiger partial charge in [0.1, 0.15) is 5.76 Å². The molecule has 2 aromatic rings. The fourth-order valence-corrected chi connectivity index (χ4v) is 2.07. The highest BCUT2D eigenvalue weighted by Gasteiger charge is 2.18. The van der Waals surface area contributed by atoms with Crippen LogP contribution in [0.5, 0.6) is 0 Å². The van der Waals surface area contributed by atoms with Crippen LogP contribution in [0, 0.1) is 0 Å². The highest BCUT2D eigenvalue weighted by Crippen LogP contribution is 2.18. The number of nitrogen functional groups attached to an aromatic ring is 1. The molecule has 2 aromatic heterocycles. The summed E-state index contributed by atoms with van der Waals surface area (Å²) in [6.07, 6.45) is 5.91. The van der Waals surface area contributed by atoms with Crippen LogP contribution in [-0.2, 0) is 19.5 Å². The van der Waals surface area contributed by atoms with Crippen LogP contribution >= 0.6 is 0 Å². The van der Waals surface area contributed by atoms with E-state index < -0.39 is 0 Å². The second-order valence-corrected chi connectivity index (χ2v) is 4.13. The second-order valence-electron chi connectivity index (χ2n) is 4.13. The summed E-state index contributed by atoms with van der Waals surface area (Å²) in [7, 11) is 0. The van der Waals surface area contributed by atoms with Crippen LogP contribution in [0.25, 0.3) is 0 Å². The highest BCUT2D eigenvalue weighted by molar-refractivity contribution is 5.26. The average molecular weight is 231 g/mol. The quantitative estimate of drug-likeness (QED) is 0.815. The maximum atomic E-state index is 5.57. The lowest BCUT2D eigenvalue weighted by Crippen LogP contribution is -2.30. The van der Waals surface area contributed by atoms with Gasteiger partial charge in [0, 0.05) is 31.3 Å². The SMILES string of the molecule is Nc1ncc2c(n1)CCN(Cc1cnco1)C2. The van der Waals surface area contributed by atoms with Crippen molar-refractivity contribution in [1.82, 2.24) is 19.9 Å². The Morgan fingerprint density at radius 1 is 1.41 bits per heavy atom. The third-order valence-electron chi connectivity index (χ3n) is 2.89. The fourth-order valence-electron chi connectivity index (χ4n) is 2.07. The molecule has 0 spiro atoms. The predicted octanol–water partition coefficient (Wildman–Crippen LogP) is 0.605. The minimum atomic E-state index is 0.354. The van der Waals surface area contributed by atoms with Crippen LogP contribution < -0.4 is 5.73 Å². The predicted molar refractivity (Wildman–Crippen MR) is 60.8 cm³/mol. The first-order valence-corrected chi connectivity index (χ1v) is 5.51. The van der Waals surface area contributed by atoms with Gasteiger partial charge in [-0.05, 0) is 0 Å². The minimum absolute atomic E-state index is 0.354. The van der Waals surface area contributed by atoms with Gasteiger partial charge >= 0.3 is 0 Å². The molecule has 6 heteroatoms. The molecule has 17 heavy (non-hydrogen) atoms. The van der Waals surface area contributed by atoms with Crippen LogP contribution in [0.1, 0.15) is 17.0 Å². The van der Waals surface area contributed by atoms with Crippen molar-refractivity contribution >= 4 is 5.95 Å². The smallest absolute Gasteiger partial charge is 0.220 e. The fraction of sp³-hybridized carbons (Fsp3) is 0.364. The lowest BCUT2D eigenvalue weighted by molar-refractivity contribution is 0.223. The standard InChI is InChI=1S/C11H13N5O/c12-11-14-3-8-5-16(2-1-10(8)15-11)6-9-4-13-7-17-9/h3-4,7H,1-2,5-6H2,(H2,12,14,15). The number of nitrogens with two attached hydrogens (primary N) is 1. The number of fused-ring (bicyclic) bond motifs is 1. The number of rotatable bonds is 2. The van der Waals surface area contributed by atoms with E-state index in [0.29, 0.717) is 5.95 Å². The molecule has 0 amide bonds. The van der Waals surface area contributed by atoms with Crippen LogP contribution in [0.4, 0.5) is 5.95 Å². The topological polar surface area (TPSA) is 81.1 Å². The van der Waals surface area contributed by atoms with Crippen LogP contribution in [0.15, 0.2) is 23.2 Å². The summed E-state index contributed by atoms with van der Waals surface area (Å²) in [5.41, 5.74) is 7.77. The van der Waals surface area contributed by atoms with Gasteiger partial charge in [-0.1, -0.05) is 0 Å². The van der Waals surface area contributed by atoms with E-state index in [9.17, 15) is 0 Å². The molecule has 6 nitrogen and oxygen atoms in total. The van der Waals surface area contributed by atoms with Crippen molar-refractivity contribution in [3.63, 3.8) is 0 Å². The molecule has 0 aromatic carbocycles. The molecule has 1 aliphatic heterocycles. The zero-order valence-electron chi connectivity index (χ0n) is 9.33. The van der Waals surface area contributed by atoms with Crippen LogP contribution in [0.2, 0.25) is 0 Å². The lowest BCUT2D eigenvalue weighted by atomic mass is 10.1. The van der Waals surface area contributed by atoms with Gasteiger partial charge in [-0.2, -0.15) is 0 Å². The lowest BCUT2D eigenvalue weighted by Gasteiger charge is -2.26. The Morgan fingerprint density at radius 2 is 2.35 bits per heavy atom. The molecule has 88 valence electrons. The molecule has 2 N–H and O–H groups in total. The van der Waals surface area contributed by atoms with Crippen molar-refractivity contribution in [2.24, 2.45) is 0 Å². The normalized spacial score (nSPS) is 15.8. The summed E-state index contributed by atoms with van der Waals surface area (Å²) in [6, 6.07) is 0. The molecular weight excluding hydrogens is 218 g/mol. The summed E-state index contributed by atoms with van der Waals surface area (Å²) in [5, 5.41) is 0. The Hall–Kier alpha value is -1.95. The second kappa shape index (κ2) is 4.14. The first kappa shape index (κ1) is 10.2. The Morgan fingerprint density at radius 3 is 3.18 bits per heavy atom. The van der Waals surface area contributed by atoms with Gasteiger partial charge in [0.15, 0.2) is 6.39 Å². The van der Waals surface area contributed by atoms with E-state index in [4.69, 9.17) is 10.2 Å². The van der Waals surface area contributed by atoms with Gasteiger partial charge in [0.25, 0.3) is 0 Å². The molecule has 0 radical (unpaired) electrons.